The van der Waals surface area contributed by atoms with Crippen LogP contribution in [-0.2, 0) is 0 Å². The van der Waals surface area contributed by atoms with Gasteiger partial charge in [0.05, 0.1) is 6.17 Å². The molecule has 2 heteroatoms. The van der Waals surface area contributed by atoms with Gasteiger partial charge in [-0.2, -0.15) is 0 Å². The molecule has 2 N–H and O–H groups in total. The molecule has 0 fully saturated rings. The lowest BCUT2D eigenvalue weighted by Gasteiger charge is -2.09. The zero-order chi connectivity index (χ0) is 6.41. The standard InChI is InChI=1S/C6H12N2/c1-4-7-6(3)8-5-2/h4-8H,1-2H2,3H3. The van der Waals surface area contributed by atoms with Crippen LogP contribution in [0.5, 0.6) is 0 Å². The number of hydrogen-bond acceptors (Lipinski definition) is 2. The second-order valence-electron chi connectivity index (χ2n) is 1.46. The fraction of sp³-hybridized carbons (Fsp3) is 0.333. The molecule has 2 nitrogen and oxygen atoms in total. The Labute approximate surface area is 50.3 Å². The SMILES string of the molecule is C=CNC(C)NC=C. The Bertz CT molecular complexity index is 68.6. The smallest absolute Gasteiger partial charge is 0.0925 e. The van der Waals surface area contributed by atoms with E-state index in [1.807, 2.05) is 6.92 Å². The molecular weight excluding hydrogens is 100 g/mol. The summed E-state index contributed by atoms with van der Waals surface area (Å²) in [7, 11) is 0. The van der Waals surface area contributed by atoms with Crippen LogP contribution in [0.4, 0.5) is 0 Å². The summed E-state index contributed by atoms with van der Waals surface area (Å²) in [5.74, 6) is 0. The van der Waals surface area contributed by atoms with Crippen LogP contribution in [0.15, 0.2) is 25.6 Å². The predicted octanol–water partition coefficient (Wildman–Crippen LogP) is 0.799. The van der Waals surface area contributed by atoms with E-state index in [9.17, 15) is 0 Å². The van der Waals surface area contributed by atoms with Crippen LogP contribution < -0.4 is 10.6 Å². The fourth-order valence-electron chi connectivity index (χ4n) is 0.402. The van der Waals surface area contributed by atoms with Gasteiger partial charge in [-0.3, -0.25) is 0 Å². The third kappa shape index (κ3) is 3.28. The van der Waals surface area contributed by atoms with Crippen LogP contribution in [0.3, 0.4) is 0 Å². The van der Waals surface area contributed by atoms with Gasteiger partial charge in [0.25, 0.3) is 0 Å². The Balaban J connectivity index is 3.16. The Kier molecular flexibility index (Phi) is 3.76. The van der Waals surface area contributed by atoms with Gasteiger partial charge in [-0.25, -0.2) is 0 Å². The first-order valence-corrected chi connectivity index (χ1v) is 2.55. The number of rotatable bonds is 4. The molecule has 0 aliphatic rings. The van der Waals surface area contributed by atoms with Crippen molar-refractivity contribution in [1.29, 1.82) is 0 Å². The molecule has 0 saturated heterocycles. The zero-order valence-corrected chi connectivity index (χ0v) is 5.15. The molecule has 46 valence electrons. The first-order chi connectivity index (χ1) is 3.81. The minimum absolute atomic E-state index is 0.227. The monoisotopic (exact) mass is 112 g/mol. The van der Waals surface area contributed by atoms with Crippen molar-refractivity contribution in [3.63, 3.8) is 0 Å². The lowest BCUT2D eigenvalue weighted by Crippen LogP contribution is -2.32. The van der Waals surface area contributed by atoms with Crippen molar-refractivity contribution < 1.29 is 0 Å². The molecule has 0 unspecified atom stereocenters. The number of nitrogens with one attached hydrogen (secondary N) is 2. The maximum Gasteiger partial charge on any atom is 0.0925 e. The third-order valence-corrected chi connectivity index (χ3v) is 0.736. The summed E-state index contributed by atoms with van der Waals surface area (Å²) in [4.78, 5) is 0. The third-order valence-electron chi connectivity index (χ3n) is 0.736. The highest BCUT2D eigenvalue weighted by Gasteiger charge is 1.86. The molecule has 0 aliphatic carbocycles. The van der Waals surface area contributed by atoms with E-state index in [1.165, 1.54) is 0 Å². The molecule has 0 atom stereocenters. The van der Waals surface area contributed by atoms with Gasteiger partial charge >= 0.3 is 0 Å². The quantitative estimate of drug-likeness (QED) is 0.526. The van der Waals surface area contributed by atoms with Crippen LogP contribution in [-0.4, -0.2) is 6.17 Å². The lowest BCUT2D eigenvalue weighted by molar-refractivity contribution is 0.583. The summed E-state index contributed by atoms with van der Waals surface area (Å²) < 4.78 is 0. The average molecular weight is 112 g/mol. The largest absolute Gasteiger partial charge is 0.372 e. The van der Waals surface area contributed by atoms with Crippen molar-refractivity contribution in [2.75, 3.05) is 0 Å². The first-order valence-electron chi connectivity index (χ1n) is 2.55. The summed E-state index contributed by atoms with van der Waals surface area (Å²) in [5, 5.41) is 5.86. The minimum atomic E-state index is 0.227. The molecule has 0 bridgehead atoms. The summed E-state index contributed by atoms with van der Waals surface area (Å²) in [6.07, 6.45) is 3.51. The van der Waals surface area contributed by atoms with Crippen molar-refractivity contribution in [1.82, 2.24) is 10.6 Å². The molecule has 0 aromatic rings. The average Bonchev–Trinajstić information content (AvgIpc) is 1.68. The Morgan fingerprint density at radius 2 is 1.62 bits per heavy atom. The molecule has 0 heterocycles. The minimum Gasteiger partial charge on any atom is -0.372 e. The molecule has 0 rings (SSSR count). The molecule has 0 aromatic heterocycles. The van der Waals surface area contributed by atoms with Crippen molar-refractivity contribution >= 4 is 0 Å². The topological polar surface area (TPSA) is 24.1 Å². The van der Waals surface area contributed by atoms with Gasteiger partial charge in [-0.05, 0) is 19.3 Å². The van der Waals surface area contributed by atoms with Gasteiger partial charge in [-0.1, -0.05) is 13.2 Å². The maximum atomic E-state index is 3.50. The van der Waals surface area contributed by atoms with Gasteiger partial charge in [0, 0.05) is 0 Å². The highest BCUT2D eigenvalue weighted by Crippen LogP contribution is 1.70. The van der Waals surface area contributed by atoms with Crippen LogP contribution in [0.25, 0.3) is 0 Å². The van der Waals surface area contributed by atoms with Gasteiger partial charge < -0.3 is 10.6 Å². The molecule has 0 radical (unpaired) electrons. The van der Waals surface area contributed by atoms with Crippen molar-refractivity contribution in [2.24, 2.45) is 0 Å². The van der Waals surface area contributed by atoms with E-state index in [-0.39, 0.29) is 6.17 Å². The predicted molar refractivity (Wildman–Crippen MR) is 36.1 cm³/mol. The summed E-state index contributed by atoms with van der Waals surface area (Å²) >= 11 is 0. The normalized spacial score (nSPS) is 8.25. The van der Waals surface area contributed by atoms with Crippen LogP contribution in [0.1, 0.15) is 6.92 Å². The van der Waals surface area contributed by atoms with E-state index in [2.05, 4.69) is 23.8 Å². The zero-order valence-electron chi connectivity index (χ0n) is 5.15. The number of hydrogen-bond donors (Lipinski definition) is 2. The van der Waals surface area contributed by atoms with E-state index in [1.54, 1.807) is 12.4 Å². The highest BCUT2D eigenvalue weighted by molar-refractivity contribution is 4.73. The molecular formula is C6H12N2. The second kappa shape index (κ2) is 4.24. The Morgan fingerprint density at radius 1 is 1.25 bits per heavy atom. The summed E-state index contributed by atoms with van der Waals surface area (Å²) in [5.41, 5.74) is 0. The van der Waals surface area contributed by atoms with Gasteiger partial charge in [-0.15, -0.1) is 0 Å². The lowest BCUT2D eigenvalue weighted by atomic mass is 10.5. The second-order valence-corrected chi connectivity index (χ2v) is 1.46. The molecule has 8 heavy (non-hydrogen) atoms. The highest BCUT2D eigenvalue weighted by atomic mass is 15.1. The molecule has 0 amide bonds. The Morgan fingerprint density at radius 3 is 1.88 bits per heavy atom. The molecule has 0 saturated carbocycles. The van der Waals surface area contributed by atoms with E-state index < -0.39 is 0 Å². The van der Waals surface area contributed by atoms with Crippen LogP contribution >= 0.6 is 0 Å². The van der Waals surface area contributed by atoms with Gasteiger partial charge in [0.2, 0.25) is 0 Å². The summed E-state index contributed by atoms with van der Waals surface area (Å²) in [6.45, 7) is 8.97. The van der Waals surface area contributed by atoms with Crippen molar-refractivity contribution in [3.05, 3.63) is 25.6 Å². The van der Waals surface area contributed by atoms with Gasteiger partial charge in [0.15, 0.2) is 0 Å². The van der Waals surface area contributed by atoms with Crippen LogP contribution in [0, 0.1) is 0 Å². The molecule has 0 spiro atoms. The molecule has 0 aromatic carbocycles. The maximum absolute atomic E-state index is 3.50. The Hall–Kier alpha value is -0.920. The van der Waals surface area contributed by atoms with Gasteiger partial charge in [0.1, 0.15) is 0 Å². The van der Waals surface area contributed by atoms with Crippen molar-refractivity contribution in [3.8, 4) is 0 Å². The van der Waals surface area contributed by atoms with E-state index in [4.69, 9.17) is 0 Å². The van der Waals surface area contributed by atoms with Crippen molar-refractivity contribution in [2.45, 2.75) is 13.1 Å². The van der Waals surface area contributed by atoms with E-state index in [0.29, 0.717) is 0 Å². The fourth-order valence-corrected chi connectivity index (χ4v) is 0.402. The first kappa shape index (κ1) is 7.08. The van der Waals surface area contributed by atoms with E-state index in [0.717, 1.165) is 0 Å². The molecule has 0 aliphatic heterocycles. The van der Waals surface area contributed by atoms with E-state index >= 15 is 0 Å². The summed E-state index contributed by atoms with van der Waals surface area (Å²) in [6, 6.07) is 0. The van der Waals surface area contributed by atoms with Crippen LogP contribution in [0.2, 0.25) is 0 Å².